The summed E-state index contributed by atoms with van der Waals surface area (Å²) in [7, 11) is 0. The third-order valence-corrected chi connectivity index (χ3v) is 12.3. The Hall–Kier alpha value is -5.80. The third kappa shape index (κ3) is 6.48. The number of piperazine rings is 1. The number of aryl methyl sites for hydroxylation is 1. The zero-order chi connectivity index (χ0) is 39.5. The number of H-pyrrole nitrogens is 1. The second-order valence-electron chi connectivity index (χ2n) is 15.7. The molecule has 3 aromatic rings. The van der Waals surface area contributed by atoms with E-state index in [0.29, 0.717) is 43.7 Å². The predicted molar refractivity (Wildman–Crippen MR) is 212 cm³/mol. The number of nitrogens with one attached hydrogen (secondary N) is 4. The Bertz CT molecular complexity index is 2270. The lowest BCUT2D eigenvalue weighted by Crippen LogP contribution is -2.54. The zero-order valence-corrected chi connectivity index (χ0v) is 32.2. The molecule has 1 aromatic heterocycles. The Balaban J connectivity index is 0.793. The Morgan fingerprint density at radius 3 is 2.44 bits per heavy atom. The van der Waals surface area contributed by atoms with Gasteiger partial charge in [0.15, 0.2) is 0 Å². The van der Waals surface area contributed by atoms with Crippen molar-refractivity contribution in [2.24, 2.45) is 0 Å². The number of aromatic amines is 1. The fourth-order valence-corrected chi connectivity index (χ4v) is 9.34. The Morgan fingerprint density at radius 1 is 0.877 bits per heavy atom. The van der Waals surface area contributed by atoms with Gasteiger partial charge in [0.1, 0.15) is 6.04 Å². The van der Waals surface area contributed by atoms with Crippen molar-refractivity contribution in [3.63, 3.8) is 0 Å². The van der Waals surface area contributed by atoms with Crippen LogP contribution in [0.4, 0.5) is 17.1 Å². The summed E-state index contributed by atoms with van der Waals surface area (Å²) in [6.07, 6.45) is 2.33. The molecular weight excluding hydrogens is 729 g/mol. The number of carbonyl (C=O) groups is 6. The van der Waals surface area contributed by atoms with Gasteiger partial charge in [-0.2, -0.15) is 0 Å². The van der Waals surface area contributed by atoms with Gasteiger partial charge >= 0.3 is 0 Å². The highest BCUT2D eigenvalue weighted by Gasteiger charge is 2.45. The molecule has 57 heavy (non-hydrogen) atoms. The van der Waals surface area contributed by atoms with Crippen molar-refractivity contribution in [3.05, 3.63) is 75.6 Å². The Kier molecular flexibility index (Phi) is 9.44. The van der Waals surface area contributed by atoms with Crippen molar-refractivity contribution < 1.29 is 33.5 Å². The van der Waals surface area contributed by atoms with E-state index in [4.69, 9.17) is 4.74 Å². The normalized spacial score (nSPS) is 23.5. The number of hydrogen-bond acceptors (Lipinski definition) is 10. The molecule has 15 heteroatoms. The molecule has 1 unspecified atom stereocenters. The number of piperidine rings is 1. The maximum absolute atomic E-state index is 13.6. The third-order valence-electron chi connectivity index (χ3n) is 12.3. The molecule has 4 N–H and O–H groups in total. The van der Waals surface area contributed by atoms with Crippen molar-refractivity contribution in [1.82, 2.24) is 25.4 Å². The molecule has 3 saturated heterocycles. The summed E-state index contributed by atoms with van der Waals surface area (Å²) >= 11 is 0. The average Bonchev–Trinajstić information content (AvgIpc) is 3.92. The van der Waals surface area contributed by atoms with E-state index in [-0.39, 0.29) is 41.8 Å². The van der Waals surface area contributed by atoms with E-state index in [1.807, 2.05) is 19.1 Å². The maximum atomic E-state index is 13.6. The predicted octanol–water partition coefficient (Wildman–Crippen LogP) is 2.70. The van der Waals surface area contributed by atoms with E-state index >= 15 is 0 Å². The lowest BCUT2D eigenvalue weighted by molar-refractivity contribution is -0.136. The van der Waals surface area contributed by atoms with Gasteiger partial charge in [0.05, 0.1) is 35.5 Å². The fraction of sp³-hybridized carbons (Fsp3) is 0.429. The topological polar surface area (TPSA) is 176 Å². The van der Waals surface area contributed by atoms with Crippen LogP contribution in [0, 0.1) is 6.92 Å². The Morgan fingerprint density at radius 2 is 1.65 bits per heavy atom. The maximum Gasteiger partial charge on any atom is 0.262 e. The first-order valence-corrected chi connectivity index (χ1v) is 19.9. The summed E-state index contributed by atoms with van der Waals surface area (Å²) in [5.41, 5.74) is 9.08. The van der Waals surface area contributed by atoms with E-state index < -0.39 is 29.7 Å². The van der Waals surface area contributed by atoms with Crippen molar-refractivity contribution >= 4 is 63.7 Å². The van der Waals surface area contributed by atoms with Crippen molar-refractivity contribution in [3.8, 4) is 0 Å². The smallest absolute Gasteiger partial charge is 0.262 e. The second kappa shape index (κ2) is 14.6. The van der Waals surface area contributed by atoms with Crippen molar-refractivity contribution in [2.45, 2.75) is 58.0 Å². The number of imide groups is 2. The summed E-state index contributed by atoms with van der Waals surface area (Å²) in [4.78, 5) is 88.8. The minimum Gasteiger partial charge on any atom is -0.377 e. The molecule has 1 aliphatic carbocycles. The standard InChI is InChI=1S/C42H46N8O7/c1-23-22-57-19-18-49(23)26-5-9-32-31(21-26)36(40(54)45-32)29-8-7-28-35(24(2)44-37(28)29)39(53)43-12-3-13-47-14-16-48(17-15-47)25-4-6-27-30(20-25)42(56)50(41(27)55)33-10-11-34(51)46-38(33)52/h4-6,9,20-21,23,33,44H,3,7-8,10-19,22H2,1-2H3,(H,43,53)(H,45,54)(H,46,51,52)/b36-29-/t23-,33?/m0/s1. The van der Waals surface area contributed by atoms with Gasteiger partial charge in [-0.3, -0.25) is 43.9 Å². The van der Waals surface area contributed by atoms with Gasteiger partial charge in [-0.15, -0.1) is 0 Å². The van der Waals surface area contributed by atoms with Gasteiger partial charge in [0.2, 0.25) is 11.8 Å². The molecule has 15 nitrogen and oxygen atoms in total. The van der Waals surface area contributed by atoms with Crippen LogP contribution in [0.3, 0.4) is 0 Å². The monoisotopic (exact) mass is 774 g/mol. The zero-order valence-electron chi connectivity index (χ0n) is 32.2. The number of ether oxygens (including phenoxy) is 1. The number of rotatable bonds is 8. The number of carbonyl (C=O) groups excluding carboxylic acids is 6. The summed E-state index contributed by atoms with van der Waals surface area (Å²) in [6, 6.07) is 10.6. The molecular formula is C42H46N8O7. The molecule has 9 rings (SSSR count). The molecule has 0 radical (unpaired) electrons. The molecule has 6 amide bonds. The van der Waals surface area contributed by atoms with E-state index in [1.54, 1.807) is 12.1 Å². The molecule has 3 fully saturated rings. The molecule has 2 atom stereocenters. The van der Waals surface area contributed by atoms with E-state index in [0.717, 1.165) is 95.7 Å². The minimum absolute atomic E-state index is 0.0782. The number of hydrogen-bond donors (Lipinski definition) is 4. The van der Waals surface area contributed by atoms with E-state index in [9.17, 15) is 28.8 Å². The van der Waals surface area contributed by atoms with Crippen molar-refractivity contribution in [1.29, 1.82) is 0 Å². The number of fused-ring (bicyclic) bond motifs is 3. The van der Waals surface area contributed by atoms with Crippen LogP contribution in [0.5, 0.6) is 0 Å². The van der Waals surface area contributed by atoms with Crippen LogP contribution in [0.25, 0.3) is 11.1 Å². The second-order valence-corrected chi connectivity index (χ2v) is 15.7. The van der Waals surface area contributed by atoms with Crippen LogP contribution in [0.1, 0.15) is 86.2 Å². The lowest BCUT2D eigenvalue weighted by atomic mass is 9.98. The largest absolute Gasteiger partial charge is 0.377 e. The number of morpholine rings is 1. The number of allylic oxidation sites excluding steroid dienone is 1. The molecule has 6 heterocycles. The summed E-state index contributed by atoms with van der Waals surface area (Å²) in [6.45, 7) is 10.6. The van der Waals surface area contributed by atoms with Crippen molar-refractivity contribution in [2.75, 3.05) is 74.1 Å². The van der Waals surface area contributed by atoms with Crippen LogP contribution in [-0.2, 0) is 25.5 Å². The molecule has 296 valence electrons. The van der Waals surface area contributed by atoms with Gasteiger partial charge in [0.25, 0.3) is 23.6 Å². The fourth-order valence-electron chi connectivity index (χ4n) is 9.34. The number of aromatic nitrogens is 1. The molecule has 6 aliphatic rings. The number of amides is 6. The summed E-state index contributed by atoms with van der Waals surface area (Å²) in [5.74, 6) is -2.27. The lowest BCUT2D eigenvalue weighted by Gasteiger charge is -2.36. The molecule has 5 aliphatic heterocycles. The molecule has 0 spiro atoms. The van der Waals surface area contributed by atoms with Gasteiger partial charge in [-0.25, -0.2) is 0 Å². The highest BCUT2D eigenvalue weighted by atomic mass is 16.5. The SMILES string of the molecule is Cc1[nH]c2c(c1C(=O)NCCCN1CCN(c3ccc4c(c3)C(=O)N(C3CCC(=O)NC3=O)C4=O)CC1)CC/C2=C1/C(=O)Nc2ccc(N3CCOC[C@@H]3C)cc21. The number of nitrogens with zero attached hydrogens (tertiary/aromatic N) is 4. The van der Waals surface area contributed by atoms with Crippen LogP contribution in [0.15, 0.2) is 36.4 Å². The first-order chi connectivity index (χ1) is 27.6. The van der Waals surface area contributed by atoms with Crippen LogP contribution >= 0.6 is 0 Å². The highest BCUT2D eigenvalue weighted by Crippen LogP contribution is 2.45. The average molecular weight is 775 g/mol. The number of anilines is 3. The van der Waals surface area contributed by atoms with E-state index in [1.165, 1.54) is 0 Å². The van der Waals surface area contributed by atoms with Gasteiger partial charge in [0, 0.05) is 85.7 Å². The van der Waals surface area contributed by atoms with Gasteiger partial charge < -0.3 is 30.2 Å². The van der Waals surface area contributed by atoms with Gasteiger partial charge in [-0.05, 0) is 93.6 Å². The quantitative estimate of drug-likeness (QED) is 0.151. The number of benzene rings is 2. The van der Waals surface area contributed by atoms with Crippen LogP contribution in [-0.4, -0.2) is 121 Å². The molecule has 0 bridgehead atoms. The van der Waals surface area contributed by atoms with Gasteiger partial charge in [-0.1, -0.05) is 0 Å². The van der Waals surface area contributed by atoms with E-state index in [2.05, 4.69) is 54.7 Å². The molecule has 0 saturated carbocycles. The van der Waals surface area contributed by atoms with Crippen LogP contribution < -0.4 is 25.8 Å². The minimum atomic E-state index is -0.991. The first-order valence-electron chi connectivity index (χ1n) is 19.9. The van der Waals surface area contributed by atoms with Crippen LogP contribution in [0.2, 0.25) is 0 Å². The highest BCUT2D eigenvalue weighted by molar-refractivity contribution is 6.37. The summed E-state index contributed by atoms with van der Waals surface area (Å²) in [5, 5.41) is 8.42. The Labute approximate surface area is 329 Å². The summed E-state index contributed by atoms with van der Waals surface area (Å²) < 4.78 is 5.64. The molecule has 2 aromatic carbocycles. The first kappa shape index (κ1) is 36.8.